The quantitative estimate of drug-likeness (QED) is 0.370. The van der Waals surface area contributed by atoms with Crippen LogP contribution in [0.5, 0.6) is 47.0 Å². The van der Waals surface area contributed by atoms with E-state index in [0.29, 0.717) is 26.4 Å². The molecule has 0 amide bonds. The van der Waals surface area contributed by atoms with Crippen molar-refractivity contribution in [3.63, 3.8) is 0 Å². The van der Waals surface area contributed by atoms with Crippen molar-refractivity contribution in [2.45, 2.75) is 27.7 Å². The number of carbonyl (C=O) groups is 1. The molecule has 0 saturated heterocycles. The molecule has 0 fully saturated rings. The fourth-order valence-corrected chi connectivity index (χ4v) is 2.83. The number of carboxylic acids is 1. The predicted molar refractivity (Wildman–Crippen MR) is 122 cm³/mol. The number of aromatic carboxylic acids is 1. The molecule has 0 aliphatic heterocycles. The molecule has 3 aromatic rings. The van der Waals surface area contributed by atoms with Gasteiger partial charge in [0.05, 0.1) is 38.6 Å². The van der Waals surface area contributed by atoms with Crippen molar-refractivity contribution in [3.05, 3.63) is 35.9 Å². The van der Waals surface area contributed by atoms with Crippen molar-refractivity contribution in [1.29, 1.82) is 0 Å². The van der Waals surface area contributed by atoms with E-state index in [1.807, 2.05) is 0 Å². The van der Waals surface area contributed by atoms with Crippen molar-refractivity contribution in [2.75, 3.05) is 26.4 Å². The molecule has 1 N–H and O–H groups in total. The Kier molecular flexibility index (Phi) is 8.82. The van der Waals surface area contributed by atoms with Crippen LogP contribution >= 0.6 is 0 Å². The zero-order valence-corrected chi connectivity index (χ0v) is 19.8. The first-order valence-electron chi connectivity index (χ1n) is 11.0. The first-order valence-corrected chi connectivity index (χ1v) is 11.0. The highest BCUT2D eigenvalue weighted by atomic mass is 16.5. The molecule has 2 aromatic heterocycles. The third-order valence-electron chi connectivity index (χ3n) is 4.09. The topological polar surface area (TPSA) is 144 Å². The van der Waals surface area contributed by atoms with E-state index in [-0.39, 0.29) is 52.6 Å². The van der Waals surface area contributed by atoms with Gasteiger partial charge < -0.3 is 33.5 Å². The molecular weight excluding hydrogens is 460 g/mol. The van der Waals surface area contributed by atoms with Crippen LogP contribution in [0.4, 0.5) is 0 Å². The summed E-state index contributed by atoms with van der Waals surface area (Å²) in [6, 6.07) is 7.13. The van der Waals surface area contributed by atoms with Gasteiger partial charge in [-0.15, -0.1) is 0 Å². The smallest absolute Gasteiger partial charge is 0.343 e. The second kappa shape index (κ2) is 12.2. The normalized spacial score (nSPS) is 10.4. The highest BCUT2D eigenvalue weighted by molar-refractivity contribution is 5.94. The van der Waals surface area contributed by atoms with Crippen LogP contribution in [-0.2, 0) is 0 Å². The third-order valence-corrected chi connectivity index (χ3v) is 4.09. The number of ether oxygens (including phenoxy) is 6. The van der Waals surface area contributed by atoms with Crippen LogP contribution in [0, 0.1) is 0 Å². The second-order valence-electron chi connectivity index (χ2n) is 6.52. The summed E-state index contributed by atoms with van der Waals surface area (Å²) in [5, 5.41) is 9.92. The standard InChI is InChI=1S/C23H26N4O8/c1-5-30-16-12-17(31-6-2)25-22(24-16)34-14-10-9-11-15(20(14)21(28)29)35-23-26-18(32-7-3)13-19(27-23)33-8-4/h9-13H,5-8H2,1-4H3,(H,28,29). The third kappa shape index (κ3) is 6.82. The Morgan fingerprint density at radius 2 is 1.03 bits per heavy atom. The largest absolute Gasteiger partial charge is 0.478 e. The van der Waals surface area contributed by atoms with Gasteiger partial charge in [-0.2, -0.15) is 19.9 Å². The molecular formula is C23H26N4O8. The van der Waals surface area contributed by atoms with Gasteiger partial charge in [0.2, 0.25) is 23.5 Å². The summed E-state index contributed by atoms with van der Waals surface area (Å²) in [5.41, 5.74) is -0.292. The summed E-state index contributed by atoms with van der Waals surface area (Å²) < 4.78 is 33.1. The van der Waals surface area contributed by atoms with Crippen LogP contribution in [0.3, 0.4) is 0 Å². The molecule has 186 valence electrons. The lowest BCUT2D eigenvalue weighted by Crippen LogP contribution is -2.07. The van der Waals surface area contributed by atoms with Crippen molar-refractivity contribution in [2.24, 2.45) is 0 Å². The minimum atomic E-state index is -1.31. The van der Waals surface area contributed by atoms with Crippen LogP contribution in [0.1, 0.15) is 38.1 Å². The number of benzene rings is 1. The maximum absolute atomic E-state index is 12.2. The predicted octanol–water partition coefficient (Wildman–Crippen LogP) is 4.14. The zero-order chi connectivity index (χ0) is 25.2. The first-order chi connectivity index (χ1) is 17.0. The summed E-state index contributed by atoms with van der Waals surface area (Å²) in [6.45, 7) is 8.62. The first kappa shape index (κ1) is 25.3. The lowest BCUT2D eigenvalue weighted by molar-refractivity contribution is 0.0691. The molecule has 0 atom stereocenters. The van der Waals surface area contributed by atoms with Gasteiger partial charge in [0, 0.05) is 0 Å². The van der Waals surface area contributed by atoms with E-state index in [0.717, 1.165) is 0 Å². The monoisotopic (exact) mass is 486 g/mol. The molecule has 12 nitrogen and oxygen atoms in total. The van der Waals surface area contributed by atoms with Gasteiger partial charge in [0.25, 0.3) is 0 Å². The summed E-state index contributed by atoms with van der Waals surface area (Å²) in [7, 11) is 0. The Labute approximate surface area is 201 Å². The summed E-state index contributed by atoms with van der Waals surface area (Å²) >= 11 is 0. The SMILES string of the molecule is CCOc1cc(OCC)nc(Oc2cccc(Oc3nc(OCC)cc(OCC)n3)c2C(=O)O)n1. The van der Waals surface area contributed by atoms with Gasteiger partial charge in [-0.05, 0) is 39.8 Å². The Morgan fingerprint density at radius 1 is 0.686 bits per heavy atom. The number of nitrogens with zero attached hydrogens (tertiary/aromatic N) is 4. The Balaban J connectivity index is 1.98. The number of hydrogen-bond donors (Lipinski definition) is 1. The molecule has 0 bridgehead atoms. The van der Waals surface area contributed by atoms with Crippen LogP contribution in [-0.4, -0.2) is 57.4 Å². The van der Waals surface area contributed by atoms with Gasteiger partial charge in [0.15, 0.2) is 0 Å². The number of rotatable bonds is 13. The lowest BCUT2D eigenvalue weighted by Gasteiger charge is -2.14. The van der Waals surface area contributed by atoms with Gasteiger partial charge in [-0.25, -0.2) is 4.79 Å². The van der Waals surface area contributed by atoms with E-state index in [1.165, 1.54) is 24.3 Å². The van der Waals surface area contributed by atoms with Crippen molar-refractivity contribution >= 4 is 5.97 Å². The lowest BCUT2D eigenvalue weighted by atomic mass is 10.2. The van der Waals surface area contributed by atoms with E-state index < -0.39 is 5.97 Å². The van der Waals surface area contributed by atoms with Gasteiger partial charge >= 0.3 is 18.0 Å². The molecule has 0 unspecified atom stereocenters. The van der Waals surface area contributed by atoms with Crippen molar-refractivity contribution in [1.82, 2.24) is 19.9 Å². The number of aromatic nitrogens is 4. The van der Waals surface area contributed by atoms with E-state index >= 15 is 0 Å². The molecule has 0 saturated carbocycles. The van der Waals surface area contributed by atoms with Crippen molar-refractivity contribution < 1.29 is 38.3 Å². The maximum Gasteiger partial charge on any atom is 0.343 e. The summed E-state index contributed by atoms with van der Waals surface area (Å²) in [4.78, 5) is 28.8. The average molecular weight is 486 g/mol. The minimum absolute atomic E-state index is 0.0721. The molecule has 0 aliphatic rings. The van der Waals surface area contributed by atoms with E-state index in [9.17, 15) is 9.90 Å². The van der Waals surface area contributed by atoms with Crippen LogP contribution < -0.4 is 28.4 Å². The van der Waals surface area contributed by atoms with E-state index in [2.05, 4.69) is 19.9 Å². The zero-order valence-electron chi connectivity index (χ0n) is 19.8. The molecule has 35 heavy (non-hydrogen) atoms. The highest BCUT2D eigenvalue weighted by Gasteiger charge is 2.22. The summed E-state index contributed by atoms with van der Waals surface area (Å²) in [5.74, 6) is -0.587. The molecule has 0 radical (unpaired) electrons. The Morgan fingerprint density at radius 3 is 1.31 bits per heavy atom. The molecule has 3 rings (SSSR count). The second-order valence-corrected chi connectivity index (χ2v) is 6.52. The minimum Gasteiger partial charge on any atom is -0.478 e. The Bertz CT molecular complexity index is 1030. The van der Waals surface area contributed by atoms with Crippen LogP contribution in [0.2, 0.25) is 0 Å². The highest BCUT2D eigenvalue weighted by Crippen LogP contribution is 2.35. The molecule has 0 spiro atoms. The van der Waals surface area contributed by atoms with Gasteiger partial charge in [-0.1, -0.05) is 6.07 Å². The number of carboxylic acid groups (broad SMARTS) is 1. The van der Waals surface area contributed by atoms with E-state index in [4.69, 9.17) is 28.4 Å². The fourth-order valence-electron chi connectivity index (χ4n) is 2.83. The molecule has 1 aromatic carbocycles. The van der Waals surface area contributed by atoms with E-state index in [1.54, 1.807) is 33.8 Å². The molecule has 12 heteroatoms. The van der Waals surface area contributed by atoms with Gasteiger partial charge in [-0.3, -0.25) is 0 Å². The van der Waals surface area contributed by atoms with Gasteiger partial charge in [0.1, 0.15) is 17.1 Å². The van der Waals surface area contributed by atoms with Crippen LogP contribution in [0.25, 0.3) is 0 Å². The Hall–Kier alpha value is -4.35. The van der Waals surface area contributed by atoms with Crippen molar-refractivity contribution in [3.8, 4) is 47.0 Å². The molecule has 2 heterocycles. The number of hydrogen-bond acceptors (Lipinski definition) is 11. The fraction of sp³-hybridized carbons (Fsp3) is 0.348. The average Bonchev–Trinajstić information content (AvgIpc) is 2.80. The summed E-state index contributed by atoms with van der Waals surface area (Å²) in [6.07, 6.45) is 0. The molecule has 0 aliphatic carbocycles. The van der Waals surface area contributed by atoms with Crippen LogP contribution in [0.15, 0.2) is 30.3 Å². The maximum atomic E-state index is 12.2.